The van der Waals surface area contributed by atoms with Crippen LogP contribution in [0.4, 0.5) is 10.1 Å². The number of nitrogens with one attached hydrogen (secondary N) is 1. The summed E-state index contributed by atoms with van der Waals surface area (Å²) in [6.07, 6.45) is 3.18. The number of aromatic nitrogens is 7. The highest BCUT2D eigenvalue weighted by molar-refractivity contribution is 6.05. The zero-order valence-corrected chi connectivity index (χ0v) is 16.6. The van der Waals surface area contributed by atoms with E-state index in [4.69, 9.17) is 0 Å². The summed E-state index contributed by atoms with van der Waals surface area (Å²) in [5.41, 5.74) is 1.69. The molecule has 10 heteroatoms. The van der Waals surface area contributed by atoms with E-state index in [1.165, 1.54) is 29.1 Å². The average molecular weight is 406 g/mol. The molecule has 0 radical (unpaired) electrons. The molecule has 4 aromatic rings. The van der Waals surface area contributed by atoms with E-state index in [9.17, 15) is 9.18 Å². The van der Waals surface area contributed by atoms with Crippen LogP contribution in [0.25, 0.3) is 11.5 Å². The lowest BCUT2D eigenvalue weighted by molar-refractivity contribution is 0.102. The molecule has 0 saturated carbocycles. The molecule has 0 aliphatic rings. The number of hydrogen-bond acceptors (Lipinski definition) is 6. The molecule has 0 aliphatic heterocycles. The zero-order chi connectivity index (χ0) is 21.3. The van der Waals surface area contributed by atoms with Crippen molar-refractivity contribution in [3.63, 3.8) is 0 Å². The molecule has 1 aromatic carbocycles. The molecular weight excluding hydrogens is 387 g/mol. The SMILES string of the molecule is Cc1nnnn1-c1cc(NC(=O)c2cnn(-c3ccccn3)c2C(C)C)ccc1F. The van der Waals surface area contributed by atoms with Crippen LogP contribution in [0, 0.1) is 12.7 Å². The first-order valence-electron chi connectivity index (χ1n) is 9.31. The number of benzene rings is 1. The van der Waals surface area contributed by atoms with Crippen LogP contribution in [0.2, 0.25) is 0 Å². The van der Waals surface area contributed by atoms with Gasteiger partial charge in [-0.15, -0.1) is 5.10 Å². The minimum atomic E-state index is -0.505. The fourth-order valence-electron chi connectivity index (χ4n) is 3.16. The van der Waals surface area contributed by atoms with Gasteiger partial charge in [0.2, 0.25) is 0 Å². The smallest absolute Gasteiger partial charge is 0.259 e. The van der Waals surface area contributed by atoms with Crippen LogP contribution in [0.3, 0.4) is 0 Å². The molecule has 0 fully saturated rings. The Hall–Kier alpha value is -3.95. The molecule has 4 rings (SSSR count). The minimum Gasteiger partial charge on any atom is -0.322 e. The van der Waals surface area contributed by atoms with Crippen molar-refractivity contribution in [1.82, 2.24) is 35.0 Å². The van der Waals surface area contributed by atoms with E-state index in [-0.39, 0.29) is 17.5 Å². The van der Waals surface area contributed by atoms with Gasteiger partial charge in [0, 0.05) is 11.9 Å². The van der Waals surface area contributed by atoms with E-state index < -0.39 is 5.82 Å². The molecule has 0 aliphatic carbocycles. The lowest BCUT2D eigenvalue weighted by Crippen LogP contribution is -2.16. The van der Waals surface area contributed by atoms with Crippen molar-refractivity contribution in [3.8, 4) is 11.5 Å². The van der Waals surface area contributed by atoms with Gasteiger partial charge in [0.05, 0.1) is 17.5 Å². The highest BCUT2D eigenvalue weighted by Crippen LogP contribution is 2.24. The van der Waals surface area contributed by atoms with Crippen molar-refractivity contribution in [1.29, 1.82) is 0 Å². The lowest BCUT2D eigenvalue weighted by Gasteiger charge is -2.13. The minimum absolute atomic E-state index is 0.0166. The molecule has 0 saturated heterocycles. The van der Waals surface area contributed by atoms with Crippen LogP contribution in [-0.2, 0) is 0 Å². The Balaban J connectivity index is 1.67. The van der Waals surface area contributed by atoms with Crippen molar-refractivity contribution in [2.45, 2.75) is 26.7 Å². The Kier molecular flexibility index (Phi) is 5.05. The van der Waals surface area contributed by atoms with Crippen LogP contribution in [0.15, 0.2) is 48.8 Å². The van der Waals surface area contributed by atoms with E-state index >= 15 is 0 Å². The Labute approximate surface area is 171 Å². The van der Waals surface area contributed by atoms with Crippen LogP contribution in [0.1, 0.15) is 41.6 Å². The predicted octanol–water partition coefficient (Wildman–Crippen LogP) is 3.07. The summed E-state index contributed by atoms with van der Waals surface area (Å²) in [6, 6.07) is 9.71. The first-order valence-corrected chi connectivity index (χ1v) is 9.31. The second-order valence-corrected chi connectivity index (χ2v) is 6.96. The predicted molar refractivity (Wildman–Crippen MR) is 107 cm³/mol. The standard InChI is InChI=1S/C20H19FN8O/c1-12(2)19-15(11-23-29(19)18-6-4-5-9-22-18)20(30)24-14-7-8-16(21)17(10-14)28-13(3)25-26-27-28/h4-12H,1-3H3,(H,24,30). The summed E-state index contributed by atoms with van der Waals surface area (Å²) in [6.45, 7) is 5.61. The molecule has 30 heavy (non-hydrogen) atoms. The van der Waals surface area contributed by atoms with Gasteiger partial charge in [-0.1, -0.05) is 19.9 Å². The van der Waals surface area contributed by atoms with E-state index in [1.807, 2.05) is 32.0 Å². The van der Waals surface area contributed by atoms with Gasteiger partial charge in [0.25, 0.3) is 5.91 Å². The Morgan fingerprint density at radius 2 is 2.00 bits per heavy atom. The molecule has 152 valence electrons. The average Bonchev–Trinajstić information content (AvgIpc) is 3.36. The molecule has 3 aromatic heterocycles. The second kappa shape index (κ2) is 7.82. The van der Waals surface area contributed by atoms with Gasteiger partial charge in [-0.3, -0.25) is 4.79 Å². The van der Waals surface area contributed by atoms with E-state index in [2.05, 4.69) is 30.9 Å². The monoisotopic (exact) mass is 406 g/mol. The van der Waals surface area contributed by atoms with Gasteiger partial charge < -0.3 is 5.32 Å². The Morgan fingerprint density at radius 3 is 2.67 bits per heavy atom. The van der Waals surface area contributed by atoms with Gasteiger partial charge >= 0.3 is 0 Å². The summed E-state index contributed by atoms with van der Waals surface area (Å²) < 4.78 is 17.2. The first-order chi connectivity index (χ1) is 14.5. The number of rotatable bonds is 5. The number of pyridine rings is 1. The van der Waals surface area contributed by atoms with Gasteiger partial charge in [0.15, 0.2) is 11.6 Å². The van der Waals surface area contributed by atoms with E-state index in [0.717, 1.165) is 5.69 Å². The molecule has 0 unspecified atom stereocenters. The molecular formula is C20H19FN8O. The topological polar surface area (TPSA) is 103 Å². The normalized spacial score (nSPS) is 11.1. The second-order valence-electron chi connectivity index (χ2n) is 6.96. The summed E-state index contributed by atoms with van der Waals surface area (Å²) in [4.78, 5) is 17.3. The van der Waals surface area contributed by atoms with Gasteiger partial charge in [-0.05, 0) is 53.6 Å². The number of amides is 1. The fraction of sp³-hybridized carbons (Fsp3) is 0.200. The molecule has 1 N–H and O–H groups in total. The molecule has 0 spiro atoms. The van der Waals surface area contributed by atoms with Crippen molar-refractivity contribution in [2.24, 2.45) is 0 Å². The van der Waals surface area contributed by atoms with Crippen molar-refractivity contribution in [3.05, 3.63) is 71.7 Å². The number of anilines is 1. The van der Waals surface area contributed by atoms with Crippen LogP contribution >= 0.6 is 0 Å². The molecule has 9 nitrogen and oxygen atoms in total. The lowest BCUT2D eigenvalue weighted by atomic mass is 10.1. The number of aryl methyl sites for hydroxylation is 1. The number of carbonyl (C=O) groups excluding carboxylic acids is 1. The molecule has 0 atom stereocenters. The van der Waals surface area contributed by atoms with Gasteiger partial charge in [-0.2, -0.15) is 9.78 Å². The highest BCUT2D eigenvalue weighted by atomic mass is 19.1. The largest absolute Gasteiger partial charge is 0.322 e. The van der Waals surface area contributed by atoms with Crippen LogP contribution in [-0.4, -0.2) is 40.9 Å². The van der Waals surface area contributed by atoms with Gasteiger partial charge in [0.1, 0.15) is 11.5 Å². The maximum absolute atomic E-state index is 14.3. The number of carbonyl (C=O) groups is 1. The molecule has 3 heterocycles. The van der Waals surface area contributed by atoms with Crippen molar-refractivity contribution < 1.29 is 9.18 Å². The number of hydrogen-bond donors (Lipinski definition) is 1. The van der Waals surface area contributed by atoms with E-state index in [0.29, 0.717) is 22.9 Å². The van der Waals surface area contributed by atoms with Crippen LogP contribution in [0.5, 0.6) is 0 Å². The number of halogens is 1. The summed E-state index contributed by atoms with van der Waals surface area (Å²) >= 11 is 0. The van der Waals surface area contributed by atoms with E-state index in [1.54, 1.807) is 17.8 Å². The summed E-state index contributed by atoms with van der Waals surface area (Å²) in [5.74, 6) is 0.207. The maximum atomic E-state index is 14.3. The third-order valence-corrected chi connectivity index (χ3v) is 4.52. The highest BCUT2D eigenvalue weighted by Gasteiger charge is 2.22. The quantitative estimate of drug-likeness (QED) is 0.546. The van der Waals surface area contributed by atoms with Crippen molar-refractivity contribution >= 4 is 11.6 Å². The number of nitrogens with zero attached hydrogens (tertiary/aromatic N) is 7. The van der Waals surface area contributed by atoms with Crippen LogP contribution < -0.4 is 5.32 Å². The van der Waals surface area contributed by atoms with Crippen molar-refractivity contribution in [2.75, 3.05) is 5.32 Å². The third-order valence-electron chi connectivity index (χ3n) is 4.52. The fourth-order valence-corrected chi connectivity index (χ4v) is 3.16. The third kappa shape index (κ3) is 3.54. The zero-order valence-electron chi connectivity index (χ0n) is 16.6. The summed E-state index contributed by atoms with van der Waals surface area (Å²) in [7, 11) is 0. The maximum Gasteiger partial charge on any atom is 0.259 e. The summed E-state index contributed by atoms with van der Waals surface area (Å²) in [5, 5.41) is 18.2. The Bertz CT molecular complexity index is 1200. The first kappa shape index (κ1) is 19.4. The molecule has 1 amide bonds. The Morgan fingerprint density at radius 1 is 1.17 bits per heavy atom. The van der Waals surface area contributed by atoms with Gasteiger partial charge in [-0.25, -0.2) is 14.1 Å². The molecule has 0 bridgehead atoms. The number of tetrazole rings is 1.